The number of hydrogen-bond donors (Lipinski definition) is 0. The van der Waals surface area contributed by atoms with Gasteiger partial charge in [0.2, 0.25) is 0 Å². The van der Waals surface area contributed by atoms with Gasteiger partial charge in [0, 0.05) is 35.5 Å². The van der Waals surface area contributed by atoms with Gasteiger partial charge in [0.15, 0.2) is 11.4 Å². The highest BCUT2D eigenvalue weighted by molar-refractivity contribution is 6.43. The summed E-state index contributed by atoms with van der Waals surface area (Å²) >= 11 is 0. The number of hydrogen-bond acceptors (Lipinski definition) is 0. The molecule has 0 aromatic carbocycles. The van der Waals surface area contributed by atoms with Crippen molar-refractivity contribution in [2.45, 2.75) is 34.6 Å². The summed E-state index contributed by atoms with van der Waals surface area (Å²) in [6, 6.07) is 2.06. The monoisotopic (exact) mass is 243 g/mol. The van der Waals surface area contributed by atoms with Gasteiger partial charge in [-0.25, -0.2) is 8.80 Å². The van der Waals surface area contributed by atoms with E-state index in [1.54, 1.807) is 8.96 Å². The molecule has 0 atom stereocenters. The fourth-order valence-corrected chi connectivity index (χ4v) is 3.36. The summed E-state index contributed by atoms with van der Waals surface area (Å²) in [5.74, 6) is 0. The standard InChI is InChI=1S/C14H17BFN2/c1-8-6-10(3)17-13(8)12(5)14-9(2)7-11(4)18(14)15(17)16/h6-7H,1-5H3/q+1. The van der Waals surface area contributed by atoms with E-state index in [0.29, 0.717) is 0 Å². The Morgan fingerprint density at radius 1 is 1.17 bits per heavy atom. The third-order valence-electron chi connectivity index (χ3n) is 3.98. The highest BCUT2D eigenvalue weighted by atomic mass is 19.1. The van der Waals surface area contributed by atoms with Gasteiger partial charge in [-0.05, 0) is 39.3 Å². The van der Waals surface area contributed by atoms with Crippen LogP contribution in [0, 0.1) is 13.8 Å². The van der Waals surface area contributed by atoms with Gasteiger partial charge >= 0.3 is 7.26 Å². The van der Waals surface area contributed by atoms with Gasteiger partial charge in [-0.2, -0.15) is 0 Å². The van der Waals surface area contributed by atoms with Crippen molar-refractivity contribution >= 4 is 18.5 Å². The molecule has 0 aliphatic carbocycles. The third kappa shape index (κ3) is 1.21. The first kappa shape index (κ1) is 11.5. The third-order valence-corrected chi connectivity index (χ3v) is 3.98. The number of allylic oxidation sites excluding steroid dienone is 3. The van der Waals surface area contributed by atoms with Crippen molar-refractivity contribution in [3.05, 3.63) is 40.4 Å². The zero-order valence-electron chi connectivity index (χ0n) is 11.5. The van der Waals surface area contributed by atoms with Crippen LogP contribution in [0.5, 0.6) is 0 Å². The van der Waals surface area contributed by atoms with Gasteiger partial charge in [0.1, 0.15) is 0 Å². The predicted molar refractivity (Wildman–Crippen MR) is 73.5 cm³/mol. The minimum atomic E-state index is -1.12. The normalized spacial score (nSPS) is 18.3. The molecule has 0 amide bonds. The maximum Gasteiger partial charge on any atom is 0.846 e. The molecule has 1 aromatic heterocycles. The van der Waals surface area contributed by atoms with Gasteiger partial charge in [-0.1, -0.05) is 0 Å². The molecule has 0 fully saturated rings. The topological polar surface area (TPSA) is 7.94 Å². The van der Waals surface area contributed by atoms with Gasteiger partial charge in [-0.3, -0.25) is 4.48 Å². The first-order chi connectivity index (χ1) is 8.43. The molecule has 3 rings (SSSR count). The number of halogens is 1. The van der Waals surface area contributed by atoms with Crippen molar-refractivity contribution in [1.82, 2.24) is 4.48 Å². The Kier molecular flexibility index (Phi) is 2.22. The molecule has 2 aliphatic heterocycles. The molecule has 0 unspecified atom stereocenters. The largest absolute Gasteiger partial charge is 0.846 e. The molecular formula is C14H17BFN2+. The fourth-order valence-electron chi connectivity index (χ4n) is 3.36. The summed E-state index contributed by atoms with van der Waals surface area (Å²) < 4.78 is 18.4. The summed E-state index contributed by atoms with van der Waals surface area (Å²) in [6.07, 6.45) is 2.06. The molecule has 2 nitrogen and oxygen atoms in total. The molecule has 92 valence electrons. The van der Waals surface area contributed by atoms with E-state index in [1.165, 1.54) is 5.57 Å². The van der Waals surface area contributed by atoms with E-state index in [0.717, 1.165) is 33.9 Å². The van der Waals surface area contributed by atoms with Crippen LogP contribution in [-0.2, 0) is 0 Å². The fraction of sp³-hybridized carbons (Fsp3) is 0.357. The lowest BCUT2D eigenvalue weighted by Crippen LogP contribution is -2.40. The van der Waals surface area contributed by atoms with Crippen molar-refractivity contribution in [2.24, 2.45) is 0 Å². The minimum absolute atomic E-state index is 0.978. The second-order valence-corrected chi connectivity index (χ2v) is 5.31. The van der Waals surface area contributed by atoms with E-state index in [2.05, 4.69) is 32.9 Å². The van der Waals surface area contributed by atoms with Crippen molar-refractivity contribution in [2.75, 3.05) is 0 Å². The van der Waals surface area contributed by atoms with Crippen molar-refractivity contribution < 1.29 is 8.80 Å². The van der Waals surface area contributed by atoms with Gasteiger partial charge in [0.05, 0.1) is 0 Å². The van der Waals surface area contributed by atoms with Crippen LogP contribution in [0.4, 0.5) is 4.32 Å². The molecule has 0 spiro atoms. The van der Waals surface area contributed by atoms with Gasteiger partial charge in [-0.15, -0.1) is 0 Å². The SMILES string of the molecule is CC1=CC(C)=[N+]2B(F)n3c(C)cc(C)c3C(C)=C12. The Hall–Kier alpha value is -1.58. The molecule has 4 heteroatoms. The van der Waals surface area contributed by atoms with Crippen LogP contribution in [0.2, 0.25) is 0 Å². The van der Waals surface area contributed by atoms with Crippen molar-refractivity contribution in [3.63, 3.8) is 0 Å². The molecule has 1 aromatic rings. The zero-order valence-corrected chi connectivity index (χ0v) is 11.5. The van der Waals surface area contributed by atoms with Crippen LogP contribution in [-0.4, -0.2) is 21.9 Å². The van der Waals surface area contributed by atoms with Crippen LogP contribution in [0.25, 0.3) is 5.57 Å². The highest BCUT2D eigenvalue weighted by Gasteiger charge is 2.50. The Labute approximate surface area is 107 Å². The zero-order chi connectivity index (χ0) is 13.2. The van der Waals surface area contributed by atoms with E-state index in [9.17, 15) is 4.32 Å². The smallest absolute Gasteiger partial charge is 0.290 e. The molecule has 3 heterocycles. The van der Waals surface area contributed by atoms with Gasteiger partial charge in [0.25, 0.3) is 0 Å². The van der Waals surface area contributed by atoms with E-state index >= 15 is 0 Å². The van der Waals surface area contributed by atoms with E-state index in [1.807, 2.05) is 13.8 Å². The van der Waals surface area contributed by atoms with Crippen LogP contribution in [0.15, 0.2) is 23.4 Å². The molecule has 0 radical (unpaired) electrons. The lowest BCUT2D eigenvalue weighted by atomic mass is 9.91. The lowest BCUT2D eigenvalue weighted by Gasteiger charge is -2.19. The Bertz CT molecular complexity index is 662. The lowest BCUT2D eigenvalue weighted by molar-refractivity contribution is -0.337. The van der Waals surface area contributed by atoms with Crippen LogP contribution in [0.3, 0.4) is 0 Å². The van der Waals surface area contributed by atoms with Gasteiger partial charge < -0.3 is 0 Å². The summed E-state index contributed by atoms with van der Waals surface area (Å²) in [7, 11) is -1.12. The number of aromatic nitrogens is 1. The average molecular weight is 243 g/mol. The summed E-state index contributed by atoms with van der Waals surface area (Å²) in [5.41, 5.74) is 7.49. The molecular weight excluding hydrogens is 226 g/mol. The van der Waals surface area contributed by atoms with Crippen molar-refractivity contribution in [1.29, 1.82) is 0 Å². The number of rotatable bonds is 0. The van der Waals surface area contributed by atoms with Crippen LogP contribution < -0.4 is 0 Å². The molecule has 2 aliphatic rings. The number of aryl methyl sites for hydroxylation is 2. The van der Waals surface area contributed by atoms with Crippen LogP contribution in [0.1, 0.15) is 37.7 Å². The summed E-state index contributed by atoms with van der Waals surface area (Å²) in [5, 5.41) is 0. The first-order valence-corrected chi connectivity index (χ1v) is 6.28. The Balaban J connectivity index is 2.40. The summed E-state index contributed by atoms with van der Waals surface area (Å²) in [6.45, 7) is 10.1. The van der Waals surface area contributed by atoms with E-state index in [4.69, 9.17) is 0 Å². The Morgan fingerprint density at radius 2 is 1.83 bits per heavy atom. The number of fused-ring (bicyclic) bond motifs is 2. The predicted octanol–water partition coefficient (Wildman–Crippen LogP) is 3.09. The number of nitrogens with zero attached hydrogens (tertiary/aromatic N) is 2. The molecule has 0 saturated carbocycles. The maximum absolute atomic E-state index is 14.8. The summed E-state index contributed by atoms with van der Waals surface area (Å²) in [4.78, 5) is 0. The van der Waals surface area contributed by atoms with Crippen LogP contribution >= 0.6 is 0 Å². The van der Waals surface area contributed by atoms with Crippen molar-refractivity contribution in [3.8, 4) is 0 Å². The molecule has 0 bridgehead atoms. The quantitative estimate of drug-likeness (QED) is 0.618. The molecule has 0 saturated heterocycles. The molecule has 18 heavy (non-hydrogen) atoms. The van der Waals surface area contributed by atoms with E-state index in [-0.39, 0.29) is 0 Å². The second kappa shape index (κ2) is 3.47. The Morgan fingerprint density at radius 3 is 2.50 bits per heavy atom. The second-order valence-electron chi connectivity index (χ2n) is 5.31. The molecule has 0 N–H and O–H groups in total. The maximum atomic E-state index is 14.8. The minimum Gasteiger partial charge on any atom is -0.290 e. The van der Waals surface area contributed by atoms with E-state index < -0.39 is 7.26 Å². The average Bonchev–Trinajstić information content (AvgIpc) is 2.73. The first-order valence-electron chi connectivity index (χ1n) is 6.28. The highest BCUT2D eigenvalue weighted by Crippen LogP contribution is 2.36.